The molecule has 0 fully saturated rings. The predicted molar refractivity (Wildman–Crippen MR) is 307 cm³/mol. The van der Waals surface area contributed by atoms with E-state index in [9.17, 15) is 105 Å². The van der Waals surface area contributed by atoms with E-state index < -0.39 is 195 Å². The van der Waals surface area contributed by atoms with Gasteiger partial charge in [-0.25, -0.2) is 4.98 Å². The second kappa shape index (κ2) is 27.9. The summed E-state index contributed by atoms with van der Waals surface area (Å²) in [5, 5.41) is 0. The molecule has 7 aromatic rings. The number of benzene rings is 6. The standard InChI is InChI=1S/C33H43N3.C32H12BF24.Rh/c1-20(2)26-14-11-15-27(21(3)4)32(26)34-24(9)30-18-13-19-31(36-30)25(10)35-33-28(22(5)6)16-12-17-29(33)23(7)8;34-25(35,36)13-1-14(26(37,38)39)6-21(5-13)33(22-7-15(27(40,41)42)2-16(8-22)28(43,44)45,23-9-17(29(46,47)48)3-18(10-23)30(49,50)51)24-11-19(31(52,53)54)4-20(12-24)32(55,56)57;/h11-23H,1-10H3;1-12H;/q;-1;. The van der Waals surface area contributed by atoms with Gasteiger partial charge in [0, 0.05) is 19.5 Å². The molecule has 1 aromatic heterocycles. The maximum absolute atomic E-state index is 14.2. The van der Waals surface area contributed by atoms with E-state index in [2.05, 4.69) is 112 Å². The van der Waals surface area contributed by atoms with Gasteiger partial charge in [0.1, 0.15) is 6.15 Å². The summed E-state index contributed by atoms with van der Waals surface area (Å²) in [6, 6.07) is 10.4. The van der Waals surface area contributed by atoms with E-state index in [1.54, 1.807) is 0 Å². The van der Waals surface area contributed by atoms with Crippen molar-refractivity contribution in [1.82, 2.24) is 4.98 Å². The number of hydrogen-bond donors (Lipinski definition) is 0. The third kappa shape index (κ3) is 17.8. The van der Waals surface area contributed by atoms with Crippen LogP contribution in [0.4, 0.5) is 117 Å². The Labute approximate surface area is 536 Å². The molecule has 0 aliphatic rings. The van der Waals surface area contributed by atoms with Crippen LogP contribution in [0.25, 0.3) is 0 Å². The maximum atomic E-state index is 14.2. The smallest absolute Gasteiger partial charge is 0.251 e. The quantitative estimate of drug-likeness (QED) is 0.0682. The van der Waals surface area contributed by atoms with E-state index >= 15 is 0 Å². The summed E-state index contributed by atoms with van der Waals surface area (Å²) in [5.74, 6) is 1.61. The summed E-state index contributed by atoms with van der Waals surface area (Å²) < 4.78 is 341. The van der Waals surface area contributed by atoms with Crippen LogP contribution in [0.1, 0.15) is 171 Å². The number of pyridine rings is 1. The summed E-state index contributed by atoms with van der Waals surface area (Å²) in [5.41, 5.74) is -19.3. The van der Waals surface area contributed by atoms with E-state index in [1.165, 1.54) is 22.3 Å². The molecule has 0 saturated heterocycles. The first-order valence-electron chi connectivity index (χ1n) is 28.0. The van der Waals surface area contributed by atoms with Crippen LogP contribution in [0.2, 0.25) is 0 Å². The molecular formula is C65H55BF24N3Rh-. The average molecular weight is 1450 g/mol. The first-order chi connectivity index (χ1) is 42.3. The molecule has 94 heavy (non-hydrogen) atoms. The van der Waals surface area contributed by atoms with E-state index in [0.29, 0.717) is 23.7 Å². The number of rotatable bonds is 12. The van der Waals surface area contributed by atoms with Gasteiger partial charge in [0.05, 0.1) is 78.7 Å². The van der Waals surface area contributed by atoms with Gasteiger partial charge >= 0.3 is 49.4 Å². The van der Waals surface area contributed by atoms with Gasteiger partial charge in [-0.15, -0.1) is 0 Å². The number of halogens is 24. The summed E-state index contributed by atoms with van der Waals surface area (Å²) in [7, 11) is 0. The molecule has 7 rings (SSSR count). The van der Waals surface area contributed by atoms with Gasteiger partial charge in [-0.1, -0.05) is 146 Å². The molecule has 0 amide bonds. The SMILES string of the molecule is CC(=Nc1c(C(C)C)cccc1C(C)C)c1cccc(C(C)=Nc2c(C(C)C)cccc2C(C)C)n1.FC(F)(F)c1cc([B-](c2cc(C(F)(F)F)cc(C(F)(F)F)c2)(c2cc(C(F)(F)F)cc(C(F)(F)F)c2)c2cc(C(F)(F)F)cc(C(F)(F)F)c2)cc(C(F)(F)F)c1.[Rh]. The molecule has 0 atom stereocenters. The van der Waals surface area contributed by atoms with Crippen molar-refractivity contribution < 1.29 is 125 Å². The van der Waals surface area contributed by atoms with Gasteiger partial charge in [-0.05, 0) is 96.2 Å². The number of aromatic nitrogens is 1. The van der Waals surface area contributed by atoms with Crippen molar-refractivity contribution in [3.05, 3.63) is 206 Å². The largest absolute Gasteiger partial charge is 0.416 e. The van der Waals surface area contributed by atoms with E-state index in [1.807, 2.05) is 12.1 Å². The Bertz CT molecular complexity index is 3330. The van der Waals surface area contributed by atoms with Gasteiger partial charge in [-0.2, -0.15) is 127 Å². The molecule has 0 aliphatic heterocycles. The third-order valence-electron chi connectivity index (χ3n) is 15.2. The molecule has 6 aromatic carbocycles. The molecular weight excluding hydrogens is 1390 g/mol. The van der Waals surface area contributed by atoms with Gasteiger partial charge in [-0.3, -0.25) is 9.98 Å². The summed E-state index contributed by atoms with van der Waals surface area (Å²) >= 11 is 0. The molecule has 0 saturated carbocycles. The minimum Gasteiger partial charge on any atom is -0.251 e. The molecule has 3 nitrogen and oxygen atoms in total. The van der Waals surface area contributed by atoms with Crippen molar-refractivity contribution in [2.24, 2.45) is 9.98 Å². The fourth-order valence-corrected chi connectivity index (χ4v) is 10.6. The number of nitrogens with zero attached hydrogens (tertiary/aromatic N) is 3. The fraction of sp³-hybridized carbons (Fsp3) is 0.338. The van der Waals surface area contributed by atoms with Crippen LogP contribution < -0.4 is 21.9 Å². The van der Waals surface area contributed by atoms with Crippen molar-refractivity contribution in [2.75, 3.05) is 0 Å². The second-order valence-corrected chi connectivity index (χ2v) is 23.2. The minimum absolute atomic E-state index is 0. The van der Waals surface area contributed by atoms with Crippen LogP contribution in [-0.2, 0) is 68.9 Å². The Balaban J connectivity index is 0.000000372. The zero-order chi connectivity index (χ0) is 70.5. The Morgan fingerprint density at radius 1 is 0.298 bits per heavy atom. The molecule has 0 spiro atoms. The monoisotopic (exact) mass is 1450 g/mol. The van der Waals surface area contributed by atoms with Crippen LogP contribution in [0.3, 0.4) is 0 Å². The number of para-hydroxylation sites is 2. The van der Waals surface area contributed by atoms with Crippen molar-refractivity contribution in [3.8, 4) is 0 Å². The summed E-state index contributed by atoms with van der Waals surface area (Å²) in [4.78, 5) is 15.3. The third-order valence-corrected chi connectivity index (χ3v) is 15.2. The first kappa shape index (κ1) is 77.5. The second-order valence-electron chi connectivity index (χ2n) is 23.2. The van der Waals surface area contributed by atoms with Crippen LogP contribution >= 0.6 is 0 Å². The van der Waals surface area contributed by atoms with Crippen molar-refractivity contribution in [3.63, 3.8) is 0 Å². The first-order valence-corrected chi connectivity index (χ1v) is 28.0. The Hall–Kier alpha value is -7.18. The molecule has 1 radical (unpaired) electrons. The summed E-state index contributed by atoms with van der Waals surface area (Å²) in [6.45, 7) is 22.0. The minimum atomic E-state index is -6.13. The number of hydrogen-bond acceptors (Lipinski definition) is 3. The van der Waals surface area contributed by atoms with Crippen molar-refractivity contribution in [2.45, 2.75) is 142 Å². The Morgan fingerprint density at radius 2 is 0.468 bits per heavy atom. The molecule has 0 unspecified atom stereocenters. The van der Waals surface area contributed by atoms with Crippen molar-refractivity contribution >= 4 is 50.8 Å². The normalized spacial score (nSPS) is 13.6. The number of alkyl halides is 24. The molecule has 29 heteroatoms. The summed E-state index contributed by atoms with van der Waals surface area (Å²) in [6.07, 6.45) is -54.8. The zero-order valence-corrected chi connectivity index (χ0v) is 52.4. The topological polar surface area (TPSA) is 37.6 Å². The average Bonchev–Trinajstić information content (AvgIpc) is 0.708. The zero-order valence-electron chi connectivity index (χ0n) is 50.8. The molecule has 0 N–H and O–H groups in total. The van der Waals surface area contributed by atoms with Gasteiger partial charge in [0.25, 0.3) is 0 Å². The Kier molecular flexibility index (Phi) is 23.0. The molecule has 0 aliphatic carbocycles. The van der Waals surface area contributed by atoms with Gasteiger partial charge in [0.15, 0.2) is 0 Å². The Morgan fingerprint density at radius 3 is 0.628 bits per heavy atom. The fourth-order valence-electron chi connectivity index (χ4n) is 10.6. The van der Waals surface area contributed by atoms with E-state index in [0.717, 1.165) is 34.2 Å². The predicted octanol–water partition coefficient (Wildman–Crippen LogP) is 21.1. The molecule has 0 bridgehead atoms. The van der Waals surface area contributed by atoms with E-state index in [4.69, 9.17) is 15.0 Å². The van der Waals surface area contributed by atoms with Crippen LogP contribution in [0.5, 0.6) is 0 Å². The molecule has 511 valence electrons. The van der Waals surface area contributed by atoms with E-state index in [-0.39, 0.29) is 19.5 Å². The van der Waals surface area contributed by atoms with Gasteiger partial charge in [0.2, 0.25) is 0 Å². The maximum Gasteiger partial charge on any atom is 0.416 e. The van der Waals surface area contributed by atoms with Crippen LogP contribution in [-0.4, -0.2) is 22.6 Å². The molecule has 1 heterocycles. The van der Waals surface area contributed by atoms with Crippen LogP contribution in [0, 0.1) is 0 Å². The van der Waals surface area contributed by atoms with Gasteiger partial charge < -0.3 is 0 Å². The van der Waals surface area contributed by atoms with Crippen molar-refractivity contribution in [1.29, 1.82) is 0 Å². The van der Waals surface area contributed by atoms with Crippen LogP contribution in [0.15, 0.2) is 137 Å². The number of aliphatic imine (C=N–C) groups is 2.